The van der Waals surface area contributed by atoms with Crippen molar-refractivity contribution in [2.45, 2.75) is 38.2 Å². The summed E-state index contributed by atoms with van der Waals surface area (Å²) in [4.78, 5) is 4.19. The molecule has 1 aromatic heterocycles. The van der Waals surface area contributed by atoms with Crippen LogP contribution in [0.15, 0.2) is 4.52 Å². The molecular weight excluding hydrogens is 204 g/mol. The summed E-state index contributed by atoms with van der Waals surface area (Å²) in [5.74, 6) is 0.975. The van der Waals surface area contributed by atoms with Gasteiger partial charge in [0.25, 0.3) is 5.89 Å². The molecule has 0 aliphatic heterocycles. The number of alkyl halides is 1. The Morgan fingerprint density at radius 2 is 2.29 bits per heavy atom. The Morgan fingerprint density at radius 1 is 1.64 bits per heavy atom. The minimum atomic E-state index is -0.517. The largest absolute Gasteiger partial charge is 0.369 e. The van der Waals surface area contributed by atoms with Crippen molar-refractivity contribution >= 4 is 11.6 Å². The number of halogens is 1. The smallest absolute Gasteiger partial charge is 0.258 e. The van der Waals surface area contributed by atoms with Crippen molar-refractivity contribution in [2.75, 3.05) is 7.11 Å². The van der Waals surface area contributed by atoms with Crippen LogP contribution in [-0.4, -0.2) is 17.3 Å². The van der Waals surface area contributed by atoms with Crippen molar-refractivity contribution in [1.29, 1.82) is 0 Å². The van der Waals surface area contributed by atoms with Crippen LogP contribution in [0.5, 0.6) is 0 Å². The molecule has 0 N–H and O–H groups in total. The number of hydrogen-bond acceptors (Lipinski definition) is 4. The van der Waals surface area contributed by atoms with Gasteiger partial charge >= 0.3 is 0 Å². The molecule has 4 nitrogen and oxygen atoms in total. The van der Waals surface area contributed by atoms with Crippen LogP contribution >= 0.6 is 11.6 Å². The number of rotatable bonds is 4. The molecule has 2 unspecified atom stereocenters. The number of methoxy groups -OCH3 is 1. The maximum Gasteiger partial charge on any atom is 0.258 e. The van der Waals surface area contributed by atoms with E-state index in [-0.39, 0.29) is 5.38 Å². The fourth-order valence-corrected chi connectivity index (χ4v) is 1.08. The van der Waals surface area contributed by atoms with Gasteiger partial charge in [0.2, 0.25) is 0 Å². The molecule has 5 heteroatoms. The molecule has 14 heavy (non-hydrogen) atoms. The Bertz CT molecular complexity index is 295. The molecule has 1 heterocycles. The molecule has 2 atom stereocenters. The average molecular weight is 219 g/mol. The Labute approximate surface area is 88.6 Å². The van der Waals surface area contributed by atoms with Crippen LogP contribution in [-0.2, 0) is 10.3 Å². The number of ether oxygens (including phenoxy) is 1. The first-order chi connectivity index (χ1) is 6.53. The maximum absolute atomic E-state index is 5.83. The molecule has 1 rings (SSSR count). The molecule has 0 aliphatic rings. The van der Waals surface area contributed by atoms with Crippen LogP contribution in [0.2, 0.25) is 0 Å². The maximum atomic E-state index is 5.83. The quantitative estimate of drug-likeness (QED) is 0.729. The van der Waals surface area contributed by atoms with Gasteiger partial charge in [-0.1, -0.05) is 12.1 Å². The summed E-state index contributed by atoms with van der Waals surface area (Å²) in [6, 6.07) is 0. The minimum absolute atomic E-state index is 0.245. The lowest BCUT2D eigenvalue weighted by Crippen LogP contribution is -2.23. The highest BCUT2D eigenvalue weighted by Crippen LogP contribution is 2.28. The van der Waals surface area contributed by atoms with E-state index in [0.717, 1.165) is 6.42 Å². The third kappa shape index (κ3) is 2.07. The van der Waals surface area contributed by atoms with Gasteiger partial charge in [-0.05, 0) is 20.3 Å². The van der Waals surface area contributed by atoms with E-state index in [4.69, 9.17) is 20.9 Å². The third-order valence-corrected chi connectivity index (χ3v) is 2.57. The normalized spacial score (nSPS) is 17.8. The van der Waals surface area contributed by atoms with Crippen LogP contribution in [0.4, 0.5) is 0 Å². The highest BCUT2D eigenvalue weighted by Gasteiger charge is 2.31. The van der Waals surface area contributed by atoms with E-state index in [1.807, 2.05) is 13.8 Å². The third-order valence-electron chi connectivity index (χ3n) is 2.38. The Balaban J connectivity index is 2.95. The molecule has 0 amide bonds. The summed E-state index contributed by atoms with van der Waals surface area (Å²) >= 11 is 5.83. The highest BCUT2D eigenvalue weighted by atomic mass is 35.5. The van der Waals surface area contributed by atoms with E-state index in [1.54, 1.807) is 14.0 Å². The van der Waals surface area contributed by atoms with Gasteiger partial charge in [0.15, 0.2) is 5.82 Å². The van der Waals surface area contributed by atoms with Gasteiger partial charge in [0.1, 0.15) is 5.60 Å². The van der Waals surface area contributed by atoms with Gasteiger partial charge in [-0.2, -0.15) is 4.98 Å². The SMILES string of the molecule is CCC(C)(OC)c1nc(C(C)Cl)no1. The predicted octanol–water partition coefficient (Wildman–Crippen LogP) is 2.64. The molecule has 0 fully saturated rings. The zero-order valence-electron chi connectivity index (χ0n) is 8.87. The van der Waals surface area contributed by atoms with Crippen molar-refractivity contribution in [1.82, 2.24) is 10.1 Å². The molecular formula is C9H15ClN2O2. The predicted molar refractivity (Wildman–Crippen MR) is 53.2 cm³/mol. The molecule has 80 valence electrons. The zero-order chi connectivity index (χ0) is 10.8. The van der Waals surface area contributed by atoms with E-state index < -0.39 is 5.60 Å². The average Bonchev–Trinajstić information content (AvgIpc) is 2.66. The fourth-order valence-electron chi connectivity index (χ4n) is 0.994. The molecule has 0 spiro atoms. The fraction of sp³-hybridized carbons (Fsp3) is 0.778. The Hall–Kier alpha value is -0.610. The second-order valence-electron chi connectivity index (χ2n) is 3.36. The Morgan fingerprint density at radius 3 is 2.64 bits per heavy atom. The molecule has 1 aromatic rings. The van der Waals surface area contributed by atoms with Gasteiger partial charge in [0, 0.05) is 7.11 Å². The van der Waals surface area contributed by atoms with Gasteiger partial charge in [-0.3, -0.25) is 0 Å². The van der Waals surface area contributed by atoms with Crippen LogP contribution in [0.25, 0.3) is 0 Å². The molecule has 0 bridgehead atoms. The summed E-state index contributed by atoms with van der Waals surface area (Å²) in [6.07, 6.45) is 0.766. The van der Waals surface area contributed by atoms with E-state index in [1.165, 1.54) is 0 Å². The Kier molecular flexibility index (Phi) is 3.50. The molecule has 0 aliphatic carbocycles. The van der Waals surface area contributed by atoms with Crippen molar-refractivity contribution in [2.24, 2.45) is 0 Å². The van der Waals surface area contributed by atoms with Crippen LogP contribution in [0.3, 0.4) is 0 Å². The van der Waals surface area contributed by atoms with Crippen molar-refractivity contribution in [3.8, 4) is 0 Å². The summed E-state index contributed by atoms with van der Waals surface area (Å²) in [5, 5.41) is 3.53. The minimum Gasteiger partial charge on any atom is -0.369 e. The monoisotopic (exact) mass is 218 g/mol. The first-order valence-corrected chi connectivity index (χ1v) is 5.00. The number of nitrogens with zero attached hydrogens (tertiary/aromatic N) is 2. The lowest BCUT2D eigenvalue weighted by atomic mass is 10.0. The van der Waals surface area contributed by atoms with Crippen molar-refractivity contribution in [3.63, 3.8) is 0 Å². The molecule has 0 saturated carbocycles. The second-order valence-corrected chi connectivity index (χ2v) is 4.02. The lowest BCUT2D eigenvalue weighted by Gasteiger charge is -2.21. The van der Waals surface area contributed by atoms with Crippen molar-refractivity contribution in [3.05, 3.63) is 11.7 Å². The van der Waals surface area contributed by atoms with Gasteiger partial charge in [0.05, 0.1) is 5.38 Å². The van der Waals surface area contributed by atoms with Crippen LogP contribution in [0.1, 0.15) is 44.3 Å². The van der Waals surface area contributed by atoms with Crippen LogP contribution < -0.4 is 0 Å². The molecule has 0 radical (unpaired) electrons. The lowest BCUT2D eigenvalue weighted by molar-refractivity contribution is -0.0272. The van der Waals surface area contributed by atoms with Gasteiger partial charge in [-0.25, -0.2) is 0 Å². The summed E-state index contributed by atoms with van der Waals surface area (Å²) in [5.41, 5.74) is -0.517. The first-order valence-electron chi connectivity index (χ1n) is 4.56. The standard InChI is InChI=1S/C9H15ClN2O2/c1-5-9(3,13-4)8-11-7(6(2)10)12-14-8/h6H,5H2,1-4H3. The van der Waals surface area contributed by atoms with Crippen LogP contribution in [0, 0.1) is 0 Å². The van der Waals surface area contributed by atoms with E-state index in [9.17, 15) is 0 Å². The summed E-state index contributed by atoms with van der Waals surface area (Å²) < 4.78 is 10.4. The highest BCUT2D eigenvalue weighted by molar-refractivity contribution is 6.20. The van der Waals surface area contributed by atoms with Gasteiger partial charge < -0.3 is 9.26 Å². The second kappa shape index (κ2) is 4.28. The van der Waals surface area contributed by atoms with Crippen molar-refractivity contribution < 1.29 is 9.26 Å². The summed E-state index contributed by atoms with van der Waals surface area (Å²) in [7, 11) is 1.62. The van der Waals surface area contributed by atoms with Gasteiger partial charge in [-0.15, -0.1) is 11.6 Å². The number of hydrogen-bond donors (Lipinski definition) is 0. The van der Waals surface area contributed by atoms with E-state index in [0.29, 0.717) is 11.7 Å². The van der Waals surface area contributed by atoms with E-state index >= 15 is 0 Å². The summed E-state index contributed by atoms with van der Waals surface area (Å²) in [6.45, 7) is 5.70. The first kappa shape index (κ1) is 11.5. The van der Waals surface area contributed by atoms with E-state index in [2.05, 4.69) is 10.1 Å². The molecule has 0 saturated heterocycles. The topological polar surface area (TPSA) is 48.2 Å². The molecule has 0 aromatic carbocycles. The number of aromatic nitrogens is 2. The zero-order valence-corrected chi connectivity index (χ0v) is 9.63.